The van der Waals surface area contributed by atoms with Gasteiger partial charge in [-0.15, -0.1) is 26.3 Å². The maximum absolute atomic E-state index is 14.0. The minimum atomic E-state index is -8.77. The zero-order chi connectivity index (χ0) is 32.3. The molecule has 0 aliphatic carbocycles. The average Bonchev–Trinajstić information content (AvgIpc) is 2.53. The van der Waals surface area contributed by atoms with Crippen LogP contribution in [-0.4, -0.2) is 67.1 Å². The standard InChI is InChI=1S/C11F24O4/c12-1(4(15,16)17,36-8(26,27)3(14,6(21,22)23)38-10(30,31)32)7(24,25)37-2(13,5(18,19)20)9(28,29)39-11(33,34)35. The van der Waals surface area contributed by atoms with Crippen LogP contribution in [0.25, 0.3) is 0 Å². The molecule has 0 aromatic carbocycles. The average molecular weight is 652 g/mol. The maximum Gasteiger partial charge on any atom is 0.527 e. The predicted molar refractivity (Wildman–Crippen MR) is 61.0 cm³/mol. The van der Waals surface area contributed by atoms with Crippen LogP contribution < -0.4 is 0 Å². The molecule has 0 rings (SSSR count). The molecule has 0 aromatic rings. The van der Waals surface area contributed by atoms with Gasteiger partial charge in [-0.2, -0.15) is 79.0 Å². The fraction of sp³-hybridized carbons (Fsp3) is 1.00. The Morgan fingerprint density at radius 2 is 0.410 bits per heavy atom. The highest BCUT2D eigenvalue weighted by atomic mass is 19.4. The van der Waals surface area contributed by atoms with Gasteiger partial charge in [0.1, 0.15) is 0 Å². The van der Waals surface area contributed by atoms with Crippen molar-refractivity contribution >= 4 is 0 Å². The number of ether oxygens (including phenoxy) is 4. The summed E-state index contributed by atoms with van der Waals surface area (Å²) in [6.07, 6.45) is -64.9. The Bertz CT molecular complexity index is 849. The minimum absolute atomic E-state index is 1.00. The summed E-state index contributed by atoms with van der Waals surface area (Å²) in [5, 5.41) is 0. The Balaban J connectivity index is 7.20. The zero-order valence-electron chi connectivity index (χ0n) is 16.2. The second kappa shape index (κ2) is 9.62. The lowest BCUT2D eigenvalue weighted by molar-refractivity contribution is -0.593. The summed E-state index contributed by atoms with van der Waals surface area (Å²) in [5.41, 5.74) is 0. The topological polar surface area (TPSA) is 36.9 Å². The molecule has 39 heavy (non-hydrogen) atoms. The fourth-order valence-corrected chi connectivity index (χ4v) is 1.70. The molecule has 0 bridgehead atoms. The van der Waals surface area contributed by atoms with E-state index >= 15 is 0 Å². The first-order valence-corrected chi connectivity index (χ1v) is 7.67. The molecular weight excluding hydrogens is 652 g/mol. The van der Waals surface area contributed by atoms with Crippen molar-refractivity contribution in [2.75, 3.05) is 0 Å². The molecule has 0 heterocycles. The van der Waals surface area contributed by atoms with E-state index in [9.17, 15) is 105 Å². The van der Waals surface area contributed by atoms with Gasteiger partial charge in [-0.1, -0.05) is 0 Å². The molecule has 0 saturated carbocycles. The first-order chi connectivity index (χ1) is 16.3. The normalized spacial score (nSPS) is 20.3. The Morgan fingerprint density at radius 1 is 0.231 bits per heavy atom. The van der Waals surface area contributed by atoms with E-state index in [2.05, 4.69) is 0 Å². The summed E-state index contributed by atoms with van der Waals surface area (Å²) < 4.78 is 310. The quantitative estimate of drug-likeness (QED) is 0.241. The molecule has 28 heteroatoms. The van der Waals surface area contributed by atoms with Crippen molar-refractivity contribution in [3.63, 3.8) is 0 Å². The Labute approximate surface area is 193 Å². The van der Waals surface area contributed by atoms with E-state index in [0.717, 1.165) is 18.9 Å². The number of hydrogen-bond donors (Lipinski definition) is 0. The monoisotopic (exact) mass is 652 g/mol. The van der Waals surface area contributed by atoms with E-state index in [-0.39, 0.29) is 0 Å². The van der Waals surface area contributed by atoms with Crippen LogP contribution in [0.4, 0.5) is 105 Å². The van der Waals surface area contributed by atoms with Gasteiger partial charge in [0.25, 0.3) is 0 Å². The van der Waals surface area contributed by atoms with Crippen molar-refractivity contribution in [3.8, 4) is 0 Å². The Morgan fingerprint density at radius 3 is 0.590 bits per heavy atom. The van der Waals surface area contributed by atoms with Crippen molar-refractivity contribution in [1.82, 2.24) is 0 Å². The van der Waals surface area contributed by atoms with Gasteiger partial charge in [0, 0.05) is 0 Å². The molecule has 0 radical (unpaired) electrons. The van der Waals surface area contributed by atoms with Gasteiger partial charge in [0.05, 0.1) is 0 Å². The number of halogens is 24. The lowest BCUT2D eigenvalue weighted by atomic mass is 10.2. The Hall–Kier alpha value is -1.84. The first kappa shape index (κ1) is 37.2. The van der Waals surface area contributed by atoms with Crippen molar-refractivity contribution in [2.45, 2.75) is 67.1 Å². The molecule has 0 saturated heterocycles. The van der Waals surface area contributed by atoms with E-state index in [4.69, 9.17) is 0 Å². The molecule has 0 fully saturated rings. The molecule has 3 unspecified atom stereocenters. The molecule has 3 atom stereocenters. The summed E-state index contributed by atoms with van der Waals surface area (Å²) in [6, 6.07) is 0. The third-order valence-corrected chi connectivity index (χ3v) is 3.25. The third kappa shape index (κ3) is 7.27. The fourth-order valence-electron chi connectivity index (χ4n) is 1.70. The molecule has 4 nitrogen and oxygen atoms in total. The summed E-state index contributed by atoms with van der Waals surface area (Å²) in [4.78, 5) is 0. The second-order valence-corrected chi connectivity index (χ2v) is 6.13. The van der Waals surface area contributed by atoms with Crippen LogP contribution in [-0.2, 0) is 18.9 Å². The second-order valence-electron chi connectivity index (χ2n) is 6.13. The van der Waals surface area contributed by atoms with E-state index in [1.54, 1.807) is 0 Å². The van der Waals surface area contributed by atoms with Crippen LogP contribution in [0, 0.1) is 0 Å². The van der Waals surface area contributed by atoms with Crippen LogP contribution in [0.1, 0.15) is 0 Å². The van der Waals surface area contributed by atoms with Crippen LogP contribution in [0.5, 0.6) is 0 Å². The van der Waals surface area contributed by atoms with E-state index in [1.807, 2.05) is 0 Å². The van der Waals surface area contributed by atoms with E-state index in [1.165, 1.54) is 0 Å². The summed E-state index contributed by atoms with van der Waals surface area (Å²) in [5.74, 6) is -25.5. The molecule has 0 N–H and O–H groups in total. The van der Waals surface area contributed by atoms with Gasteiger partial charge in [-0.05, 0) is 0 Å². The summed E-state index contributed by atoms with van der Waals surface area (Å²) >= 11 is 0. The molecule has 0 amide bonds. The van der Waals surface area contributed by atoms with Crippen molar-refractivity contribution in [1.29, 1.82) is 0 Å². The largest absolute Gasteiger partial charge is 0.527 e. The molecule has 0 aromatic heterocycles. The van der Waals surface area contributed by atoms with Gasteiger partial charge in [0.2, 0.25) is 0 Å². The van der Waals surface area contributed by atoms with Crippen LogP contribution >= 0.6 is 0 Å². The lowest BCUT2D eigenvalue weighted by Gasteiger charge is -2.42. The Kier molecular flexibility index (Phi) is 9.17. The van der Waals surface area contributed by atoms with Gasteiger partial charge in [0.15, 0.2) is 0 Å². The molecule has 0 aliphatic rings. The van der Waals surface area contributed by atoms with Crippen LogP contribution in [0.2, 0.25) is 0 Å². The zero-order valence-corrected chi connectivity index (χ0v) is 16.2. The summed E-state index contributed by atoms with van der Waals surface area (Å²) in [6.45, 7) is 0. The van der Waals surface area contributed by atoms with E-state index in [0.29, 0.717) is 0 Å². The highest BCUT2D eigenvalue weighted by Crippen LogP contribution is 2.59. The van der Waals surface area contributed by atoms with E-state index < -0.39 is 67.1 Å². The van der Waals surface area contributed by atoms with Gasteiger partial charge < -0.3 is 0 Å². The first-order valence-electron chi connectivity index (χ1n) is 7.67. The van der Waals surface area contributed by atoms with Gasteiger partial charge >= 0.3 is 67.1 Å². The molecule has 0 spiro atoms. The number of rotatable bonds is 9. The van der Waals surface area contributed by atoms with Crippen LogP contribution in [0.3, 0.4) is 0 Å². The van der Waals surface area contributed by atoms with Crippen LogP contribution in [0.15, 0.2) is 0 Å². The smallest absolute Gasteiger partial charge is 0.263 e. The molecule has 0 aliphatic heterocycles. The molecule has 236 valence electrons. The number of alkyl halides is 24. The third-order valence-electron chi connectivity index (χ3n) is 3.25. The lowest BCUT2D eigenvalue weighted by Crippen LogP contribution is -2.71. The number of hydrogen-bond acceptors (Lipinski definition) is 4. The predicted octanol–water partition coefficient (Wildman–Crippen LogP) is 7.56. The van der Waals surface area contributed by atoms with Gasteiger partial charge in [-0.3, -0.25) is 9.47 Å². The SMILES string of the molecule is FC(F)(F)OC(F)(F)C(F)(OC(F)(F)C(F)(OC(F)(F)C(F)(OC(F)(F)F)C(F)(F)F)C(F)(F)F)C(F)(F)F. The summed E-state index contributed by atoms with van der Waals surface area (Å²) in [7, 11) is 0. The van der Waals surface area contributed by atoms with Crippen molar-refractivity contribution < 1.29 is 124 Å². The highest BCUT2D eigenvalue weighted by molar-refractivity contribution is 4.97. The van der Waals surface area contributed by atoms with Crippen molar-refractivity contribution in [3.05, 3.63) is 0 Å². The molecular formula is C11F24O4. The van der Waals surface area contributed by atoms with Gasteiger partial charge in [-0.25, -0.2) is 9.47 Å². The maximum atomic E-state index is 14.0. The highest BCUT2D eigenvalue weighted by Gasteiger charge is 2.88. The van der Waals surface area contributed by atoms with Crippen molar-refractivity contribution in [2.24, 2.45) is 0 Å². The minimum Gasteiger partial charge on any atom is -0.263 e.